The van der Waals surface area contributed by atoms with Gasteiger partial charge in [-0.15, -0.1) is 10.2 Å². The summed E-state index contributed by atoms with van der Waals surface area (Å²) in [5, 5.41) is 21.1. The smallest absolute Gasteiger partial charge is 0.269 e. The number of aromatic nitrogens is 5. The van der Waals surface area contributed by atoms with Gasteiger partial charge in [-0.1, -0.05) is 0 Å². The van der Waals surface area contributed by atoms with Crippen molar-refractivity contribution in [1.29, 1.82) is 0 Å². The highest BCUT2D eigenvalue weighted by Gasteiger charge is 2.21. The molecule has 0 amide bonds. The van der Waals surface area contributed by atoms with Crippen LogP contribution in [0.2, 0.25) is 0 Å². The fourth-order valence-corrected chi connectivity index (χ4v) is 1.25. The van der Waals surface area contributed by atoms with E-state index in [0.29, 0.717) is 30.1 Å². The van der Waals surface area contributed by atoms with Crippen molar-refractivity contribution in [3.05, 3.63) is 12.1 Å². The minimum absolute atomic E-state index is 0.399. The van der Waals surface area contributed by atoms with Gasteiger partial charge in [0.2, 0.25) is 5.89 Å². The van der Waals surface area contributed by atoms with Gasteiger partial charge in [0.05, 0.1) is 12.7 Å². The van der Waals surface area contributed by atoms with Crippen molar-refractivity contribution in [2.24, 2.45) is 0 Å². The highest BCUT2D eigenvalue weighted by atomic mass is 16.4. The van der Waals surface area contributed by atoms with Gasteiger partial charge in [-0.2, -0.15) is 15.4 Å². The fourth-order valence-electron chi connectivity index (χ4n) is 1.25. The second-order valence-electron chi connectivity index (χ2n) is 3.51. The van der Waals surface area contributed by atoms with Gasteiger partial charge in [0.15, 0.2) is 5.69 Å². The molecule has 0 unspecified atom stereocenters. The first-order valence-electron chi connectivity index (χ1n) is 4.84. The first kappa shape index (κ1) is 8.54. The zero-order chi connectivity index (χ0) is 10.1. The molecule has 1 saturated carbocycles. The Morgan fingerprint density at radius 3 is 3.13 bits per heavy atom. The number of hydrogen-bond donors (Lipinski definition) is 2. The van der Waals surface area contributed by atoms with Crippen LogP contribution in [0.25, 0.3) is 11.6 Å². The molecule has 1 aliphatic carbocycles. The van der Waals surface area contributed by atoms with E-state index in [9.17, 15) is 0 Å². The molecule has 0 radical (unpaired) electrons. The van der Waals surface area contributed by atoms with Gasteiger partial charge in [-0.25, -0.2) is 0 Å². The van der Waals surface area contributed by atoms with Crippen LogP contribution in [0.1, 0.15) is 18.7 Å². The van der Waals surface area contributed by atoms with E-state index in [0.717, 1.165) is 0 Å². The molecule has 3 rings (SSSR count). The first-order chi connectivity index (χ1) is 7.42. The Bertz CT molecular complexity index is 432. The molecule has 2 aromatic heterocycles. The number of H-pyrrole nitrogens is 1. The SMILES string of the molecule is c1n[nH]nc1-c1nnc(CNC2CC2)o1. The lowest BCUT2D eigenvalue weighted by Crippen LogP contribution is -2.15. The van der Waals surface area contributed by atoms with Crippen molar-refractivity contribution in [2.75, 3.05) is 0 Å². The molecule has 7 heteroatoms. The van der Waals surface area contributed by atoms with E-state index in [4.69, 9.17) is 4.42 Å². The third kappa shape index (κ3) is 1.86. The summed E-state index contributed by atoms with van der Waals surface area (Å²) < 4.78 is 5.40. The summed E-state index contributed by atoms with van der Waals surface area (Å²) in [4.78, 5) is 0. The van der Waals surface area contributed by atoms with Crippen molar-refractivity contribution < 1.29 is 4.42 Å². The van der Waals surface area contributed by atoms with Crippen molar-refractivity contribution in [3.63, 3.8) is 0 Å². The Hall–Kier alpha value is -1.76. The third-order valence-electron chi connectivity index (χ3n) is 2.22. The molecular formula is C8H10N6O. The Labute approximate surface area is 85.3 Å². The molecule has 2 N–H and O–H groups in total. The van der Waals surface area contributed by atoms with Crippen molar-refractivity contribution in [1.82, 2.24) is 30.9 Å². The van der Waals surface area contributed by atoms with E-state index in [1.54, 1.807) is 6.20 Å². The molecular weight excluding hydrogens is 196 g/mol. The molecule has 0 atom stereocenters. The summed E-state index contributed by atoms with van der Waals surface area (Å²) in [6.45, 7) is 0.621. The maximum atomic E-state index is 5.40. The molecule has 7 nitrogen and oxygen atoms in total. The summed E-state index contributed by atoms with van der Waals surface area (Å²) in [6, 6.07) is 0.632. The van der Waals surface area contributed by atoms with Crippen molar-refractivity contribution in [2.45, 2.75) is 25.4 Å². The van der Waals surface area contributed by atoms with Crippen LogP contribution in [0, 0.1) is 0 Å². The number of aromatic amines is 1. The standard InChI is InChI=1S/C8H10N6O/c1-2-5(1)9-4-7-12-13-8(15-7)6-3-10-14-11-6/h3,5,9H,1-2,4H2,(H,10,11,14). The number of rotatable bonds is 4. The Kier molecular flexibility index (Phi) is 1.95. The van der Waals surface area contributed by atoms with Crippen LogP contribution < -0.4 is 5.32 Å². The molecule has 0 aliphatic heterocycles. The van der Waals surface area contributed by atoms with E-state index in [2.05, 4.69) is 30.9 Å². The Morgan fingerprint density at radius 2 is 2.40 bits per heavy atom. The summed E-state index contributed by atoms with van der Waals surface area (Å²) in [5.41, 5.74) is 0.570. The summed E-state index contributed by atoms with van der Waals surface area (Å²) in [5.74, 6) is 0.983. The monoisotopic (exact) mass is 206 g/mol. The van der Waals surface area contributed by atoms with Crippen LogP contribution in [0.3, 0.4) is 0 Å². The van der Waals surface area contributed by atoms with Gasteiger partial charge in [0.25, 0.3) is 5.89 Å². The molecule has 0 saturated heterocycles. The average molecular weight is 206 g/mol. The quantitative estimate of drug-likeness (QED) is 0.737. The van der Waals surface area contributed by atoms with Crippen LogP contribution in [-0.2, 0) is 6.54 Å². The number of nitrogens with zero attached hydrogens (tertiary/aromatic N) is 4. The normalized spacial score (nSPS) is 15.7. The van der Waals surface area contributed by atoms with Crippen LogP contribution in [0.4, 0.5) is 0 Å². The van der Waals surface area contributed by atoms with Crippen LogP contribution in [-0.4, -0.2) is 31.6 Å². The average Bonchev–Trinajstić information content (AvgIpc) is 2.78. The highest BCUT2D eigenvalue weighted by Crippen LogP contribution is 2.19. The van der Waals surface area contributed by atoms with Gasteiger partial charge >= 0.3 is 0 Å². The second-order valence-corrected chi connectivity index (χ2v) is 3.51. The second kappa shape index (κ2) is 3.43. The minimum Gasteiger partial charge on any atom is -0.418 e. The molecule has 15 heavy (non-hydrogen) atoms. The van der Waals surface area contributed by atoms with Crippen LogP contribution in [0.5, 0.6) is 0 Å². The summed E-state index contributed by atoms with van der Waals surface area (Å²) in [6.07, 6.45) is 4.03. The first-order valence-corrected chi connectivity index (χ1v) is 4.84. The zero-order valence-corrected chi connectivity index (χ0v) is 7.97. The Balaban J connectivity index is 1.69. The minimum atomic E-state index is 0.399. The molecule has 1 fully saturated rings. The molecule has 78 valence electrons. The van der Waals surface area contributed by atoms with E-state index >= 15 is 0 Å². The fraction of sp³-hybridized carbons (Fsp3) is 0.500. The summed E-state index contributed by atoms with van der Waals surface area (Å²) >= 11 is 0. The Morgan fingerprint density at radius 1 is 1.47 bits per heavy atom. The maximum absolute atomic E-state index is 5.40. The van der Waals surface area contributed by atoms with E-state index in [1.807, 2.05) is 0 Å². The lowest BCUT2D eigenvalue weighted by atomic mass is 10.5. The number of hydrogen-bond acceptors (Lipinski definition) is 6. The van der Waals surface area contributed by atoms with Crippen molar-refractivity contribution in [3.8, 4) is 11.6 Å². The largest absolute Gasteiger partial charge is 0.418 e. The lowest BCUT2D eigenvalue weighted by Gasteiger charge is -1.94. The predicted molar refractivity (Wildman–Crippen MR) is 49.5 cm³/mol. The van der Waals surface area contributed by atoms with E-state index < -0.39 is 0 Å². The van der Waals surface area contributed by atoms with Gasteiger partial charge in [-0.05, 0) is 12.8 Å². The zero-order valence-electron chi connectivity index (χ0n) is 7.97. The lowest BCUT2D eigenvalue weighted by molar-refractivity contribution is 0.475. The molecule has 0 bridgehead atoms. The number of nitrogens with one attached hydrogen (secondary N) is 2. The highest BCUT2D eigenvalue weighted by molar-refractivity contribution is 5.42. The topological polar surface area (TPSA) is 92.5 Å². The van der Waals surface area contributed by atoms with Gasteiger partial charge in [-0.3, -0.25) is 0 Å². The van der Waals surface area contributed by atoms with E-state index in [1.165, 1.54) is 12.8 Å². The molecule has 0 aromatic carbocycles. The molecule has 2 aromatic rings. The molecule has 1 aliphatic rings. The third-order valence-corrected chi connectivity index (χ3v) is 2.22. The molecule has 2 heterocycles. The van der Waals surface area contributed by atoms with E-state index in [-0.39, 0.29) is 0 Å². The van der Waals surface area contributed by atoms with Crippen molar-refractivity contribution >= 4 is 0 Å². The maximum Gasteiger partial charge on any atom is 0.269 e. The molecule has 0 spiro atoms. The summed E-state index contributed by atoms with van der Waals surface area (Å²) in [7, 11) is 0. The van der Waals surface area contributed by atoms with Gasteiger partial charge in [0, 0.05) is 6.04 Å². The van der Waals surface area contributed by atoms with Gasteiger partial charge < -0.3 is 9.73 Å². The van der Waals surface area contributed by atoms with Crippen LogP contribution in [0.15, 0.2) is 10.6 Å². The van der Waals surface area contributed by atoms with Gasteiger partial charge in [0.1, 0.15) is 0 Å². The van der Waals surface area contributed by atoms with Crippen LogP contribution >= 0.6 is 0 Å². The predicted octanol–water partition coefficient (Wildman–Crippen LogP) is 0.107.